The highest BCUT2D eigenvalue weighted by Crippen LogP contribution is 2.07. The highest BCUT2D eigenvalue weighted by atomic mass is 32.2. The summed E-state index contributed by atoms with van der Waals surface area (Å²) in [5, 5.41) is 11.2. The molecule has 0 aliphatic carbocycles. The number of aliphatic carboxylic acids is 1. The number of carboxylic acid groups (broad SMARTS) is 1. The van der Waals surface area contributed by atoms with Gasteiger partial charge in [0.2, 0.25) is 5.91 Å². The molecule has 0 spiro atoms. The zero-order chi connectivity index (χ0) is 12.4. The highest BCUT2D eigenvalue weighted by Gasteiger charge is 2.17. The van der Waals surface area contributed by atoms with Crippen molar-refractivity contribution in [1.82, 2.24) is 5.32 Å². The number of nitrogens with one attached hydrogen (secondary N) is 1. The average Bonchev–Trinajstić information content (AvgIpc) is 2.20. The number of hydrogen-bond acceptors (Lipinski definition) is 4. The third-order valence-corrected chi connectivity index (χ3v) is 2.99. The molecule has 94 valence electrons. The normalized spacial score (nSPS) is 12.1. The molecule has 0 saturated carbocycles. The molecule has 0 aliphatic heterocycles. The van der Waals surface area contributed by atoms with Crippen molar-refractivity contribution >= 4 is 23.6 Å². The standard InChI is InChI=1S/C10H19NO4S/c1-8(12)11-9(10(13)14)7-16-6-4-3-5-15-2/h9H,3-7H2,1-2H3,(H,11,12)(H,13,14). The number of thioether (sulfide) groups is 1. The lowest BCUT2D eigenvalue weighted by atomic mass is 10.3. The molecule has 0 bridgehead atoms. The Hall–Kier alpha value is -0.750. The number of methoxy groups -OCH3 is 1. The van der Waals surface area contributed by atoms with Crippen molar-refractivity contribution in [1.29, 1.82) is 0 Å². The molecule has 0 aliphatic rings. The lowest BCUT2D eigenvalue weighted by Gasteiger charge is -2.12. The van der Waals surface area contributed by atoms with Crippen molar-refractivity contribution in [3.05, 3.63) is 0 Å². The lowest BCUT2D eigenvalue weighted by Crippen LogP contribution is -2.41. The van der Waals surface area contributed by atoms with Gasteiger partial charge in [-0.05, 0) is 18.6 Å². The fourth-order valence-corrected chi connectivity index (χ4v) is 2.11. The Morgan fingerprint density at radius 2 is 2.12 bits per heavy atom. The summed E-state index contributed by atoms with van der Waals surface area (Å²) in [5.41, 5.74) is 0. The highest BCUT2D eigenvalue weighted by molar-refractivity contribution is 7.99. The molecule has 0 aromatic carbocycles. The summed E-state index contributed by atoms with van der Waals surface area (Å²) in [4.78, 5) is 21.5. The fraction of sp³-hybridized carbons (Fsp3) is 0.800. The molecule has 1 atom stereocenters. The van der Waals surface area contributed by atoms with Crippen molar-refractivity contribution in [3.63, 3.8) is 0 Å². The van der Waals surface area contributed by atoms with E-state index in [1.54, 1.807) is 7.11 Å². The van der Waals surface area contributed by atoms with Crippen LogP contribution in [-0.2, 0) is 14.3 Å². The molecule has 1 unspecified atom stereocenters. The van der Waals surface area contributed by atoms with Gasteiger partial charge in [-0.1, -0.05) is 0 Å². The van der Waals surface area contributed by atoms with Crippen LogP contribution >= 0.6 is 11.8 Å². The van der Waals surface area contributed by atoms with Crippen LogP contribution in [0.2, 0.25) is 0 Å². The van der Waals surface area contributed by atoms with Crippen LogP contribution < -0.4 is 5.32 Å². The van der Waals surface area contributed by atoms with Crippen LogP contribution in [-0.4, -0.2) is 48.2 Å². The molecular weight excluding hydrogens is 230 g/mol. The first-order valence-corrected chi connectivity index (χ1v) is 6.30. The van der Waals surface area contributed by atoms with Gasteiger partial charge in [0.25, 0.3) is 0 Å². The number of carbonyl (C=O) groups is 2. The van der Waals surface area contributed by atoms with E-state index in [0.717, 1.165) is 25.2 Å². The number of hydrogen-bond donors (Lipinski definition) is 2. The summed E-state index contributed by atoms with van der Waals surface area (Å²) in [6, 6.07) is -0.787. The summed E-state index contributed by atoms with van der Waals surface area (Å²) in [5.74, 6) is -0.0128. The quantitative estimate of drug-likeness (QED) is 0.589. The maximum absolute atomic E-state index is 10.8. The molecule has 0 aromatic heterocycles. The maximum Gasteiger partial charge on any atom is 0.327 e. The third-order valence-electron chi connectivity index (χ3n) is 1.85. The van der Waals surface area contributed by atoms with Crippen LogP contribution in [0.15, 0.2) is 0 Å². The van der Waals surface area contributed by atoms with E-state index < -0.39 is 12.0 Å². The zero-order valence-corrected chi connectivity index (χ0v) is 10.5. The maximum atomic E-state index is 10.8. The van der Waals surface area contributed by atoms with E-state index in [1.807, 2.05) is 0 Å². The average molecular weight is 249 g/mol. The SMILES string of the molecule is COCCCCSCC(NC(C)=O)C(=O)O. The summed E-state index contributed by atoms with van der Waals surface area (Å²) in [7, 11) is 1.66. The van der Waals surface area contributed by atoms with E-state index in [2.05, 4.69) is 5.32 Å². The summed E-state index contributed by atoms with van der Waals surface area (Å²) >= 11 is 1.53. The van der Waals surface area contributed by atoms with Gasteiger partial charge in [-0.3, -0.25) is 4.79 Å². The Morgan fingerprint density at radius 3 is 2.62 bits per heavy atom. The summed E-state index contributed by atoms with van der Waals surface area (Å²) in [6.07, 6.45) is 1.96. The predicted octanol–water partition coefficient (Wildman–Crippen LogP) is 0.736. The second-order valence-electron chi connectivity index (χ2n) is 3.37. The van der Waals surface area contributed by atoms with E-state index >= 15 is 0 Å². The summed E-state index contributed by atoms with van der Waals surface area (Å²) in [6.45, 7) is 2.05. The number of carbonyl (C=O) groups excluding carboxylic acids is 1. The molecule has 0 fully saturated rings. The first-order chi connectivity index (χ1) is 7.57. The van der Waals surface area contributed by atoms with Crippen molar-refractivity contribution in [2.75, 3.05) is 25.2 Å². The minimum Gasteiger partial charge on any atom is -0.480 e. The van der Waals surface area contributed by atoms with Gasteiger partial charge in [0.15, 0.2) is 0 Å². The molecule has 16 heavy (non-hydrogen) atoms. The van der Waals surface area contributed by atoms with E-state index in [9.17, 15) is 9.59 Å². The van der Waals surface area contributed by atoms with Crippen molar-refractivity contribution in [2.24, 2.45) is 0 Å². The minimum atomic E-state index is -0.986. The smallest absolute Gasteiger partial charge is 0.327 e. The Morgan fingerprint density at radius 1 is 1.44 bits per heavy atom. The fourth-order valence-electron chi connectivity index (χ4n) is 1.07. The van der Waals surface area contributed by atoms with Gasteiger partial charge in [0.1, 0.15) is 6.04 Å². The largest absolute Gasteiger partial charge is 0.480 e. The van der Waals surface area contributed by atoms with E-state index in [-0.39, 0.29) is 5.91 Å². The van der Waals surface area contributed by atoms with Crippen LogP contribution in [0.3, 0.4) is 0 Å². The van der Waals surface area contributed by atoms with Crippen LogP contribution in [0, 0.1) is 0 Å². The number of unbranched alkanes of at least 4 members (excludes halogenated alkanes) is 1. The molecule has 6 heteroatoms. The van der Waals surface area contributed by atoms with Crippen molar-refractivity contribution in [3.8, 4) is 0 Å². The molecule has 2 N–H and O–H groups in total. The molecule has 0 aromatic rings. The Kier molecular flexibility index (Phi) is 9.03. The Labute approximate surface area is 99.9 Å². The molecule has 5 nitrogen and oxygen atoms in total. The monoisotopic (exact) mass is 249 g/mol. The molecule has 0 radical (unpaired) electrons. The molecular formula is C10H19NO4S. The van der Waals surface area contributed by atoms with Crippen LogP contribution in [0.1, 0.15) is 19.8 Å². The topological polar surface area (TPSA) is 75.6 Å². The van der Waals surface area contributed by atoms with Crippen molar-refractivity contribution < 1.29 is 19.4 Å². The minimum absolute atomic E-state index is 0.313. The van der Waals surface area contributed by atoms with Crippen LogP contribution in [0.5, 0.6) is 0 Å². The zero-order valence-electron chi connectivity index (χ0n) is 9.69. The predicted molar refractivity (Wildman–Crippen MR) is 63.7 cm³/mol. The number of ether oxygens (including phenoxy) is 1. The Bertz CT molecular complexity index is 223. The van der Waals surface area contributed by atoms with Gasteiger partial charge >= 0.3 is 5.97 Å². The van der Waals surface area contributed by atoms with E-state index in [0.29, 0.717) is 5.75 Å². The van der Waals surface area contributed by atoms with Gasteiger partial charge in [-0.15, -0.1) is 0 Å². The molecule has 0 rings (SSSR count). The van der Waals surface area contributed by atoms with Gasteiger partial charge in [0.05, 0.1) is 0 Å². The third kappa shape index (κ3) is 8.55. The first-order valence-electron chi connectivity index (χ1n) is 5.14. The number of amides is 1. The van der Waals surface area contributed by atoms with Crippen LogP contribution in [0.4, 0.5) is 0 Å². The van der Waals surface area contributed by atoms with E-state index in [1.165, 1.54) is 18.7 Å². The van der Waals surface area contributed by atoms with Crippen molar-refractivity contribution in [2.45, 2.75) is 25.8 Å². The second-order valence-corrected chi connectivity index (χ2v) is 4.52. The Balaban J connectivity index is 3.60. The lowest BCUT2D eigenvalue weighted by molar-refractivity contribution is -0.140. The number of rotatable bonds is 9. The molecule has 1 amide bonds. The van der Waals surface area contributed by atoms with Gasteiger partial charge < -0.3 is 15.2 Å². The first kappa shape index (κ1) is 15.2. The second kappa shape index (κ2) is 9.47. The molecule has 0 heterocycles. The summed E-state index contributed by atoms with van der Waals surface area (Å²) < 4.78 is 4.90. The van der Waals surface area contributed by atoms with Gasteiger partial charge in [-0.2, -0.15) is 11.8 Å². The number of carboxylic acids is 1. The van der Waals surface area contributed by atoms with Crippen LogP contribution in [0.25, 0.3) is 0 Å². The van der Waals surface area contributed by atoms with Gasteiger partial charge in [0, 0.05) is 26.4 Å². The van der Waals surface area contributed by atoms with E-state index in [4.69, 9.17) is 9.84 Å². The molecule has 0 saturated heterocycles. The van der Waals surface area contributed by atoms with Gasteiger partial charge in [-0.25, -0.2) is 4.79 Å².